The topological polar surface area (TPSA) is 98.2 Å². The maximum Gasteiger partial charge on any atom is 0.528 e. The molecule has 9 heteroatoms. The minimum atomic E-state index is -0.965. The summed E-state index contributed by atoms with van der Waals surface area (Å²) in [6.07, 6.45) is 1.01. The molecule has 162 valence electrons. The van der Waals surface area contributed by atoms with Crippen LogP contribution < -0.4 is 4.74 Å². The van der Waals surface area contributed by atoms with E-state index in [1.807, 2.05) is 5.38 Å². The Morgan fingerprint density at radius 1 is 1.20 bits per heavy atom. The highest BCUT2D eigenvalue weighted by Gasteiger charge is 2.27. The highest BCUT2D eigenvalue weighted by molar-refractivity contribution is 7.09. The third kappa shape index (κ3) is 6.43. The van der Waals surface area contributed by atoms with Crippen molar-refractivity contribution in [3.63, 3.8) is 0 Å². The van der Waals surface area contributed by atoms with Crippen molar-refractivity contribution in [3.05, 3.63) is 45.9 Å². The van der Waals surface area contributed by atoms with Crippen LogP contribution in [0.15, 0.2) is 29.6 Å². The van der Waals surface area contributed by atoms with E-state index in [2.05, 4.69) is 4.98 Å². The summed E-state index contributed by atoms with van der Waals surface area (Å²) in [5.41, 5.74) is 0.484. The summed E-state index contributed by atoms with van der Waals surface area (Å²) in [4.78, 5) is 32.6. The lowest BCUT2D eigenvalue weighted by atomic mass is 9.99. The monoisotopic (exact) mass is 434 g/mol. The van der Waals surface area contributed by atoms with E-state index in [4.69, 9.17) is 19.4 Å². The van der Waals surface area contributed by atoms with E-state index in [9.17, 15) is 9.59 Å². The Hall–Kier alpha value is -2.65. The number of hydroxylamine groups is 2. The van der Waals surface area contributed by atoms with Gasteiger partial charge < -0.3 is 19.4 Å². The zero-order valence-electron chi connectivity index (χ0n) is 17.3. The minimum absolute atomic E-state index is 0.222. The van der Waals surface area contributed by atoms with Gasteiger partial charge in [-0.05, 0) is 57.9 Å². The van der Waals surface area contributed by atoms with Gasteiger partial charge in [-0.1, -0.05) is 0 Å². The number of carboxylic acid groups (broad SMARTS) is 1. The highest BCUT2D eigenvalue weighted by atomic mass is 32.1. The van der Waals surface area contributed by atoms with Crippen LogP contribution in [0.4, 0.5) is 4.79 Å². The zero-order valence-corrected chi connectivity index (χ0v) is 18.1. The maximum atomic E-state index is 11.8. The second-order valence-corrected chi connectivity index (χ2v) is 8.94. The molecule has 0 saturated carbocycles. The second-order valence-electron chi connectivity index (χ2n) is 8.05. The molecule has 1 aromatic carbocycles. The molecule has 1 saturated heterocycles. The average Bonchev–Trinajstić information content (AvgIpc) is 3.15. The second kappa shape index (κ2) is 9.44. The van der Waals surface area contributed by atoms with Crippen molar-refractivity contribution in [2.24, 2.45) is 0 Å². The molecule has 2 heterocycles. The molecule has 3 rings (SSSR count). The summed E-state index contributed by atoms with van der Waals surface area (Å²) in [6, 6.07) is 6.29. The van der Waals surface area contributed by atoms with Gasteiger partial charge in [0.2, 0.25) is 0 Å². The standard InChI is InChI=1S/C21H26N2O6S/c1-21(2,3)28-20(26)29-23-10-8-14(9-11-23)18-22-16(13-30-18)12-27-17-6-4-15(5-7-17)19(24)25/h4-7,13-14H,8-12H2,1-3H3,(H,24,25). The maximum absolute atomic E-state index is 11.8. The molecule has 0 unspecified atom stereocenters. The molecule has 1 aromatic heterocycles. The fraction of sp³-hybridized carbons (Fsp3) is 0.476. The average molecular weight is 435 g/mol. The van der Waals surface area contributed by atoms with Gasteiger partial charge in [0.25, 0.3) is 0 Å². The first kappa shape index (κ1) is 22.0. The van der Waals surface area contributed by atoms with Gasteiger partial charge in [-0.3, -0.25) is 0 Å². The van der Waals surface area contributed by atoms with Crippen molar-refractivity contribution in [2.45, 2.75) is 51.7 Å². The van der Waals surface area contributed by atoms with Crippen LogP contribution in [0.25, 0.3) is 0 Å². The van der Waals surface area contributed by atoms with Crippen molar-refractivity contribution >= 4 is 23.5 Å². The van der Waals surface area contributed by atoms with Crippen molar-refractivity contribution < 1.29 is 29.0 Å². The number of aromatic carboxylic acids is 1. The Labute approximate surface area is 179 Å². The molecular weight excluding hydrogens is 408 g/mol. The third-order valence-electron chi connectivity index (χ3n) is 4.45. The van der Waals surface area contributed by atoms with E-state index in [0.717, 1.165) is 23.5 Å². The molecule has 0 aliphatic carbocycles. The number of thiazole rings is 1. The lowest BCUT2D eigenvalue weighted by Gasteiger charge is -2.30. The molecular formula is C21H26N2O6S. The van der Waals surface area contributed by atoms with Crippen LogP contribution in [0.5, 0.6) is 5.75 Å². The lowest BCUT2D eigenvalue weighted by molar-refractivity contribution is -0.152. The minimum Gasteiger partial charge on any atom is -0.487 e. The summed E-state index contributed by atoms with van der Waals surface area (Å²) in [5, 5.41) is 13.6. The summed E-state index contributed by atoms with van der Waals surface area (Å²) < 4.78 is 10.9. The number of hydrogen-bond donors (Lipinski definition) is 1. The van der Waals surface area contributed by atoms with Crippen LogP contribution in [-0.4, -0.2) is 46.0 Å². The van der Waals surface area contributed by atoms with Gasteiger partial charge in [0, 0.05) is 24.4 Å². The molecule has 0 spiro atoms. The van der Waals surface area contributed by atoms with Crippen LogP contribution in [0, 0.1) is 0 Å². The molecule has 1 aliphatic rings. The number of carbonyl (C=O) groups excluding carboxylic acids is 1. The van der Waals surface area contributed by atoms with Crippen LogP contribution in [0.1, 0.15) is 60.6 Å². The first-order valence-electron chi connectivity index (χ1n) is 9.76. The van der Waals surface area contributed by atoms with Gasteiger partial charge in [-0.25, -0.2) is 14.6 Å². The molecule has 30 heavy (non-hydrogen) atoms. The lowest BCUT2D eigenvalue weighted by Crippen LogP contribution is -2.37. The number of nitrogens with zero attached hydrogens (tertiary/aromatic N) is 2. The van der Waals surface area contributed by atoms with Crippen molar-refractivity contribution in [2.75, 3.05) is 13.1 Å². The van der Waals surface area contributed by atoms with Gasteiger partial charge >= 0.3 is 12.1 Å². The van der Waals surface area contributed by atoms with E-state index < -0.39 is 17.7 Å². The molecule has 0 amide bonds. The van der Waals surface area contributed by atoms with E-state index in [0.29, 0.717) is 31.4 Å². The number of carbonyl (C=O) groups is 2. The molecule has 0 atom stereocenters. The first-order valence-corrected chi connectivity index (χ1v) is 10.6. The van der Waals surface area contributed by atoms with E-state index in [-0.39, 0.29) is 5.56 Å². The SMILES string of the molecule is CC(C)(C)OC(=O)ON1CCC(c2nc(COc3ccc(C(=O)O)cc3)cs2)CC1. The molecule has 0 radical (unpaired) electrons. The Morgan fingerprint density at radius 2 is 1.87 bits per heavy atom. The van der Waals surface area contributed by atoms with Gasteiger partial charge in [0.05, 0.1) is 16.3 Å². The third-order valence-corrected chi connectivity index (χ3v) is 5.51. The predicted molar refractivity (Wildman–Crippen MR) is 111 cm³/mol. The summed E-state index contributed by atoms with van der Waals surface area (Å²) in [6.45, 7) is 6.99. The van der Waals surface area contributed by atoms with Crippen LogP contribution in [0.2, 0.25) is 0 Å². The molecule has 2 aromatic rings. The van der Waals surface area contributed by atoms with Gasteiger partial charge in [-0.2, -0.15) is 0 Å². The quantitative estimate of drug-likeness (QED) is 0.665. The summed E-state index contributed by atoms with van der Waals surface area (Å²) in [7, 11) is 0. The van der Waals surface area contributed by atoms with Crippen molar-refractivity contribution in [1.82, 2.24) is 10.0 Å². The normalized spacial score (nSPS) is 15.6. The van der Waals surface area contributed by atoms with Crippen molar-refractivity contribution in [1.29, 1.82) is 0 Å². The number of aromatic nitrogens is 1. The highest BCUT2D eigenvalue weighted by Crippen LogP contribution is 2.31. The molecule has 8 nitrogen and oxygen atoms in total. The Balaban J connectivity index is 1.45. The largest absolute Gasteiger partial charge is 0.528 e. The summed E-state index contributed by atoms with van der Waals surface area (Å²) >= 11 is 1.60. The van der Waals surface area contributed by atoms with Crippen molar-refractivity contribution in [3.8, 4) is 5.75 Å². The predicted octanol–water partition coefficient (Wildman–Crippen LogP) is 4.47. The fourth-order valence-corrected chi connectivity index (χ4v) is 3.97. The molecule has 1 N–H and O–H groups in total. The zero-order chi connectivity index (χ0) is 21.7. The van der Waals surface area contributed by atoms with E-state index in [1.54, 1.807) is 49.3 Å². The number of ether oxygens (including phenoxy) is 2. The first-order chi connectivity index (χ1) is 14.2. The summed E-state index contributed by atoms with van der Waals surface area (Å²) in [5.74, 6) is -0.0486. The molecule has 1 aliphatic heterocycles. The van der Waals surface area contributed by atoms with E-state index in [1.165, 1.54) is 12.1 Å². The smallest absolute Gasteiger partial charge is 0.487 e. The number of carboxylic acids is 1. The Morgan fingerprint density at radius 3 is 2.47 bits per heavy atom. The number of hydrogen-bond acceptors (Lipinski definition) is 8. The Bertz CT molecular complexity index is 866. The van der Waals surface area contributed by atoms with E-state index >= 15 is 0 Å². The van der Waals surface area contributed by atoms with Crippen LogP contribution in [-0.2, 0) is 16.2 Å². The van der Waals surface area contributed by atoms with Gasteiger partial charge in [0.1, 0.15) is 18.0 Å². The van der Waals surface area contributed by atoms with Crippen LogP contribution in [0.3, 0.4) is 0 Å². The van der Waals surface area contributed by atoms with Crippen LogP contribution >= 0.6 is 11.3 Å². The van der Waals surface area contributed by atoms with Gasteiger partial charge in [0.15, 0.2) is 0 Å². The number of rotatable bonds is 6. The number of piperidine rings is 1. The number of benzene rings is 1. The fourth-order valence-electron chi connectivity index (χ4n) is 3.00. The molecule has 1 fully saturated rings. The van der Waals surface area contributed by atoms with Gasteiger partial charge in [-0.15, -0.1) is 16.4 Å². The molecule has 0 bridgehead atoms. The Kier molecular flexibility index (Phi) is 6.94.